The van der Waals surface area contributed by atoms with Gasteiger partial charge in [-0.15, -0.1) is 0 Å². The van der Waals surface area contributed by atoms with Crippen LogP contribution in [0.25, 0.3) is 0 Å². The largest absolute Gasteiger partial charge is 0.457 e. The first-order valence-corrected chi connectivity index (χ1v) is 6.91. The molecule has 1 N–H and O–H groups in total. The molecule has 0 aliphatic rings. The Morgan fingerprint density at radius 3 is 2.63 bits per heavy atom. The van der Waals surface area contributed by atoms with E-state index >= 15 is 0 Å². The molecule has 0 aliphatic carbocycles. The van der Waals surface area contributed by atoms with Gasteiger partial charge >= 0.3 is 0 Å². The van der Waals surface area contributed by atoms with Gasteiger partial charge in [-0.25, -0.2) is 4.39 Å². The van der Waals surface area contributed by atoms with E-state index in [2.05, 4.69) is 28.2 Å². The highest BCUT2D eigenvalue weighted by molar-refractivity contribution is 9.10. The van der Waals surface area contributed by atoms with Gasteiger partial charge < -0.3 is 10.1 Å². The molecule has 19 heavy (non-hydrogen) atoms. The quantitative estimate of drug-likeness (QED) is 0.875. The Morgan fingerprint density at radius 2 is 1.95 bits per heavy atom. The van der Waals surface area contributed by atoms with Crippen LogP contribution in [0.1, 0.15) is 12.5 Å². The number of hydrogen-bond acceptors (Lipinski definition) is 2. The summed E-state index contributed by atoms with van der Waals surface area (Å²) >= 11 is 3.51. The Morgan fingerprint density at radius 1 is 1.16 bits per heavy atom. The second kappa shape index (κ2) is 6.68. The van der Waals surface area contributed by atoms with Gasteiger partial charge in [0.1, 0.15) is 17.3 Å². The smallest absolute Gasteiger partial charge is 0.130 e. The summed E-state index contributed by atoms with van der Waals surface area (Å²) in [6.07, 6.45) is 0. The zero-order chi connectivity index (χ0) is 13.7. The third kappa shape index (κ3) is 4.04. The van der Waals surface area contributed by atoms with Gasteiger partial charge in [0.25, 0.3) is 0 Å². The van der Waals surface area contributed by atoms with Crippen molar-refractivity contribution >= 4 is 15.9 Å². The van der Waals surface area contributed by atoms with Gasteiger partial charge in [0, 0.05) is 17.1 Å². The Bertz CT molecular complexity index is 560. The van der Waals surface area contributed by atoms with E-state index in [9.17, 15) is 4.39 Å². The Hall–Kier alpha value is -1.39. The predicted octanol–water partition coefficient (Wildman–Crippen LogP) is 4.49. The van der Waals surface area contributed by atoms with Crippen molar-refractivity contribution in [1.29, 1.82) is 0 Å². The standard InChI is InChI=1S/C15H15BrFNO/c1-2-18-10-11-6-7-14(9-15(11)16)19-13-5-3-4-12(17)8-13/h3-9,18H,2,10H2,1H3. The number of halogens is 2. The summed E-state index contributed by atoms with van der Waals surface area (Å²) in [6, 6.07) is 11.9. The second-order valence-corrected chi connectivity index (χ2v) is 4.95. The minimum absolute atomic E-state index is 0.305. The van der Waals surface area contributed by atoms with Crippen molar-refractivity contribution in [2.75, 3.05) is 6.54 Å². The lowest BCUT2D eigenvalue weighted by molar-refractivity contribution is 0.476. The molecule has 2 aromatic carbocycles. The highest BCUT2D eigenvalue weighted by Gasteiger charge is 2.03. The van der Waals surface area contributed by atoms with Crippen LogP contribution >= 0.6 is 15.9 Å². The summed E-state index contributed by atoms with van der Waals surface area (Å²) in [5.41, 5.74) is 1.16. The molecule has 0 radical (unpaired) electrons. The van der Waals surface area contributed by atoms with Gasteiger partial charge in [-0.3, -0.25) is 0 Å². The van der Waals surface area contributed by atoms with Crippen LogP contribution in [0, 0.1) is 5.82 Å². The molecule has 0 amide bonds. The topological polar surface area (TPSA) is 21.3 Å². The summed E-state index contributed by atoms with van der Waals surface area (Å²) in [6.45, 7) is 3.79. The lowest BCUT2D eigenvalue weighted by atomic mass is 10.2. The fourth-order valence-electron chi connectivity index (χ4n) is 1.66. The highest BCUT2D eigenvalue weighted by Crippen LogP contribution is 2.27. The third-order valence-electron chi connectivity index (χ3n) is 2.62. The van der Waals surface area contributed by atoms with E-state index in [0.717, 1.165) is 23.1 Å². The Balaban J connectivity index is 2.11. The van der Waals surface area contributed by atoms with E-state index in [1.54, 1.807) is 12.1 Å². The summed E-state index contributed by atoms with van der Waals surface area (Å²) in [5, 5.41) is 3.26. The van der Waals surface area contributed by atoms with Gasteiger partial charge in [-0.1, -0.05) is 35.0 Å². The van der Waals surface area contributed by atoms with Crippen LogP contribution in [-0.4, -0.2) is 6.54 Å². The minimum atomic E-state index is -0.305. The zero-order valence-electron chi connectivity index (χ0n) is 10.6. The van der Waals surface area contributed by atoms with Gasteiger partial charge in [0.05, 0.1) is 0 Å². The van der Waals surface area contributed by atoms with Crippen LogP contribution in [0.5, 0.6) is 11.5 Å². The van der Waals surface area contributed by atoms with Crippen LogP contribution in [0.4, 0.5) is 4.39 Å². The number of hydrogen-bond donors (Lipinski definition) is 1. The molecule has 0 bridgehead atoms. The van der Waals surface area contributed by atoms with Gasteiger partial charge in [-0.05, 0) is 36.4 Å². The molecule has 0 heterocycles. The van der Waals surface area contributed by atoms with E-state index in [1.807, 2.05) is 18.2 Å². The zero-order valence-corrected chi connectivity index (χ0v) is 12.2. The molecular formula is C15H15BrFNO. The van der Waals surface area contributed by atoms with Crippen molar-refractivity contribution in [2.45, 2.75) is 13.5 Å². The molecule has 0 atom stereocenters. The van der Waals surface area contributed by atoms with Crippen molar-refractivity contribution in [3.05, 3.63) is 58.3 Å². The molecule has 0 fully saturated rings. The fraction of sp³-hybridized carbons (Fsp3) is 0.200. The first-order valence-electron chi connectivity index (χ1n) is 6.11. The number of nitrogens with one attached hydrogen (secondary N) is 1. The van der Waals surface area contributed by atoms with Crippen molar-refractivity contribution in [3.63, 3.8) is 0 Å². The SMILES string of the molecule is CCNCc1ccc(Oc2cccc(F)c2)cc1Br. The molecule has 4 heteroatoms. The molecule has 100 valence electrons. The third-order valence-corrected chi connectivity index (χ3v) is 3.36. The first kappa shape index (κ1) is 14.0. The predicted molar refractivity (Wildman–Crippen MR) is 78.0 cm³/mol. The molecule has 0 aromatic heterocycles. The molecule has 0 unspecified atom stereocenters. The summed E-state index contributed by atoms with van der Waals surface area (Å²) in [4.78, 5) is 0. The van der Waals surface area contributed by atoms with Crippen LogP contribution < -0.4 is 10.1 Å². The molecule has 0 spiro atoms. The highest BCUT2D eigenvalue weighted by atomic mass is 79.9. The molecule has 0 saturated heterocycles. The van der Waals surface area contributed by atoms with Crippen molar-refractivity contribution < 1.29 is 9.13 Å². The maximum atomic E-state index is 13.1. The van der Waals surface area contributed by atoms with E-state index in [1.165, 1.54) is 12.1 Å². The maximum Gasteiger partial charge on any atom is 0.130 e. The molecule has 2 nitrogen and oxygen atoms in total. The van der Waals surface area contributed by atoms with Crippen LogP contribution in [0.15, 0.2) is 46.9 Å². The number of benzene rings is 2. The first-order chi connectivity index (χ1) is 9.19. The molecule has 2 rings (SSSR count). The minimum Gasteiger partial charge on any atom is -0.457 e. The normalized spacial score (nSPS) is 10.5. The van der Waals surface area contributed by atoms with E-state index in [4.69, 9.17) is 4.74 Å². The average Bonchev–Trinajstić information content (AvgIpc) is 2.38. The van der Waals surface area contributed by atoms with E-state index < -0.39 is 0 Å². The molecule has 0 aliphatic heterocycles. The Kier molecular flexibility index (Phi) is 4.93. The molecule has 2 aromatic rings. The summed E-state index contributed by atoms with van der Waals surface area (Å²) in [7, 11) is 0. The van der Waals surface area contributed by atoms with Gasteiger partial charge in [0.2, 0.25) is 0 Å². The van der Waals surface area contributed by atoms with Crippen LogP contribution in [-0.2, 0) is 6.54 Å². The molecule has 0 saturated carbocycles. The van der Waals surface area contributed by atoms with Crippen LogP contribution in [0.3, 0.4) is 0 Å². The fourth-order valence-corrected chi connectivity index (χ4v) is 2.16. The van der Waals surface area contributed by atoms with Crippen LogP contribution in [0.2, 0.25) is 0 Å². The second-order valence-electron chi connectivity index (χ2n) is 4.09. The summed E-state index contributed by atoms with van der Waals surface area (Å²) < 4.78 is 19.6. The van der Waals surface area contributed by atoms with E-state index in [-0.39, 0.29) is 5.82 Å². The molecular weight excluding hydrogens is 309 g/mol. The number of ether oxygens (including phenoxy) is 1. The lowest BCUT2D eigenvalue weighted by Crippen LogP contribution is -2.11. The van der Waals surface area contributed by atoms with Crippen molar-refractivity contribution in [1.82, 2.24) is 5.32 Å². The van der Waals surface area contributed by atoms with Gasteiger partial charge in [-0.2, -0.15) is 0 Å². The number of rotatable bonds is 5. The maximum absolute atomic E-state index is 13.1. The van der Waals surface area contributed by atoms with E-state index in [0.29, 0.717) is 11.5 Å². The Labute approximate surface area is 120 Å². The summed E-state index contributed by atoms with van der Waals surface area (Å²) in [5.74, 6) is 0.865. The average molecular weight is 324 g/mol. The van der Waals surface area contributed by atoms with Crippen molar-refractivity contribution in [2.24, 2.45) is 0 Å². The van der Waals surface area contributed by atoms with Gasteiger partial charge in [0.15, 0.2) is 0 Å². The monoisotopic (exact) mass is 323 g/mol. The van der Waals surface area contributed by atoms with Crippen molar-refractivity contribution in [3.8, 4) is 11.5 Å². The lowest BCUT2D eigenvalue weighted by Gasteiger charge is -2.09.